The summed E-state index contributed by atoms with van der Waals surface area (Å²) in [7, 11) is 1.61. The van der Waals surface area contributed by atoms with Crippen molar-refractivity contribution in [3.8, 4) is 0 Å². The van der Waals surface area contributed by atoms with Crippen LogP contribution in [0.4, 0.5) is 4.39 Å². The Morgan fingerprint density at radius 2 is 1.74 bits per heavy atom. The molecule has 1 aromatic heterocycles. The molecule has 5 heteroatoms. The van der Waals surface area contributed by atoms with E-state index in [0.29, 0.717) is 22.1 Å². The first-order valence-corrected chi connectivity index (χ1v) is 7.16. The third-order valence-electron chi connectivity index (χ3n) is 4.19. The van der Waals surface area contributed by atoms with E-state index in [1.54, 1.807) is 43.4 Å². The molecule has 0 saturated heterocycles. The van der Waals surface area contributed by atoms with Gasteiger partial charge in [0.1, 0.15) is 11.4 Å². The summed E-state index contributed by atoms with van der Waals surface area (Å²) in [5.74, 6) is -0.658. The smallest absolute Gasteiger partial charge is 0.290 e. The monoisotopic (exact) mass is 309 g/mol. The van der Waals surface area contributed by atoms with Crippen molar-refractivity contribution in [2.24, 2.45) is 0 Å². The van der Waals surface area contributed by atoms with Gasteiger partial charge >= 0.3 is 0 Å². The van der Waals surface area contributed by atoms with Crippen molar-refractivity contribution in [2.45, 2.75) is 6.04 Å². The Bertz CT molecular complexity index is 991. The number of carbonyl (C=O) groups excluding carboxylic acids is 1. The summed E-state index contributed by atoms with van der Waals surface area (Å²) in [5.41, 5.74) is 1.14. The van der Waals surface area contributed by atoms with Crippen LogP contribution in [0.1, 0.15) is 27.7 Å². The topological polar surface area (TPSA) is 50.5 Å². The van der Waals surface area contributed by atoms with Crippen LogP contribution in [0, 0.1) is 5.82 Å². The second-order valence-corrected chi connectivity index (χ2v) is 5.54. The quantitative estimate of drug-likeness (QED) is 0.694. The summed E-state index contributed by atoms with van der Waals surface area (Å²) >= 11 is 0. The van der Waals surface area contributed by atoms with Gasteiger partial charge in [0.15, 0.2) is 5.43 Å². The molecule has 0 spiro atoms. The number of fused-ring (bicyclic) bond motifs is 2. The minimum Gasteiger partial charge on any atom is -0.450 e. The maximum atomic E-state index is 13.2. The zero-order chi connectivity index (χ0) is 16.1. The van der Waals surface area contributed by atoms with Crippen LogP contribution in [0.2, 0.25) is 0 Å². The average Bonchev–Trinajstić information content (AvgIpc) is 2.81. The fraction of sp³-hybridized carbons (Fsp3) is 0.111. The van der Waals surface area contributed by atoms with Crippen LogP contribution in [0.5, 0.6) is 0 Å². The molecule has 0 saturated carbocycles. The lowest BCUT2D eigenvalue weighted by molar-refractivity contribution is 0.0771. The molecule has 3 aromatic rings. The zero-order valence-electron chi connectivity index (χ0n) is 12.2. The van der Waals surface area contributed by atoms with Crippen molar-refractivity contribution < 1.29 is 13.6 Å². The lowest BCUT2D eigenvalue weighted by atomic mass is 9.99. The van der Waals surface area contributed by atoms with Crippen molar-refractivity contribution in [1.29, 1.82) is 0 Å². The summed E-state index contributed by atoms with van der Waals surface area (Å²) in [6.45, 7) is 0. The lowest BCUT2D eigenvalue weighted by Gasteiger charge is -2.20. The van der Waals surface area contributed by atoms with Crippen LogP contribution < -0.4 is 5.43 Å². The van der Waals surface area contributed by atoms with Gasteiger partial charge in [-0.05, 0) is 29.8 Å². The summed E-state index contributed by atoms with van der Waals surface area (Å²) in [4.78, 5) is 26.8. The maximum Gasteiger partial charge on any atom is 0.290 e. The molecule has 1 atom stereocenters. The minimum absolute atomic E-state index is 0.0607. The van der Waals surface area contributed by atoms with Crippen molar-refractivity contribution >= 4 is 16.9 Å². The number of para-hydroxylation sites is 1. The highest BCUT2D eigenvalue weighted by Crippen LogP contribution is 2.36. The molecule has 0 N–H and O–H groups in total. The summed E-state index contributed by atoms with van der Waals surface area (Å²) in [6.07, 6.45) is 0. The van der Waals surface area contributed by atoms with Crippen LogP contribution in [0.3, 0.4) is 0 Å². The maximum absolute atomic E-state index is 13.2. The number of rotatable bonds is 1. The predicted molar refractivity (Wildman–Crippen MR) is 82.8 cm³/mol. The van der Waals surface area contributed by atoms with Gasteiger partial charge in [-0.1, -0.05) is 24.3 Å². The number of nitrogens with zero attached hydrogens (tertiary/aromatic N) is 1. The van der Waals surface area contributed by atoms with E-state index in [-0.39, 0.29) is 22.9 Å². The average molecular weight is 309 g/mol. The summed E-state index contributed by atoms with van der Waals surface area (Å²) in [6, 6.07) is 12.0. The van der Waals surface area contributed by atoms with E-state index in [1.807, 2.05) is 0 Å². The molecule has 4 rings (SSSR count). The molecule has 0 fully saturated rings. The summed E-state index contributed by atoms with van der Waals surface area (Å²) in [5, 5.41) is 0.432. The van der Waals surface area contributed by atoms with E-state index in [9.17, 15) is 14.0 Å². The van der Waals surface area contributed by atoms with Gasteiger partial charge in [0.25, 0.3) is 5.91 Å². The Balaban J connectivity index is 2.03. The minimum atomic E-state index is -0.570. The number of carbonyl (C=O) groups is 1. The third kappa shape index (κ3) is 1.90. The molecule has 0 bridgehead atoms. The highest BCUT2D eigenvalue weighted by Gasteiger charge is 2.40. The normalized spacial score (nSPS) is 16.9. The number of hydrogen-bond donors (Lipinski definition) is 0. The molecule has 2 heterocycles. The number of amides is 1. The Hall–Kier alpha value is -2.95. The molecule has 23 heavy (non-hydrogen) atoms. The van der Waals surface area contributed by atoms with Gasteiger partial charge < -0.3 is 9.32 Å². The predicted octanol–water partition coefficient (Wildman–Crippen LogP) is 3.11. The van der Waals surface area contributed by atoms with E-state index in [1.165, 1.54) is 17.0 Å². The molecular weight excluding hydrogens is 297 g/mol. The van der Waals surface area contributed by atoms with E-state index in [4.69, 9.17) is 4.42 Å². The molecule has 2 aromatic carbocycles. The van der Waals surface area contributed by atoms with Gasteiger partial charge in [-0.3, -0.25) is 9.59 Å². The SMILES string of the molecule is CN1C(=O)c2oc3ccccc3c(=O)c2[C@H]1c1ccc(F)cc1. The molecule has 4 nitrogen and oxygen atoms in total. The Kier molecular flexibility index (Phi) is 2.84. The number of benzene rings is 2. The first-order valence-electron chi connectivity index (χ1n) is 7.16. The number of halogens is 1. The van der Waals surface area contributed by atoms with Gasteiger partial charge in [0.05, 0.1) is 17.0 Å². The first-order chi connectivity index (χ1) is 11.1. The second kappa shape index (κ2) is 4.78. The molecule has 1 amide bonds. The fourth-order valence-corrected chi connectivity index (χ4v) is 3.07. The second-order valence-electron chi connectivity index (χ2n) is 5.54. The largest absolute Gasteiger partial charge is 0.450 e. The molecular formula is C18H12FNO3. The van der Waals surface area contributed by atoms with E-state index in [0.717, 1.165) is 0 Å². The molecule has 0 unspecified atom stereocenters. The third-order valence-corrected chi connectivity index (χ3v) is 4.19. The van der Waals surface area contributed by atoms with Gasteiger partial charge in [-0.15, -0.1) is 0 Å². The van der Waals surface area contributed by atoms with Gasteiger partial charge in [-0.2, -0.15) is 0 Å². The van der Waals surface area contributed by atoms with Crippen molar-refractivity contribution in [2.75, 3.05) is 7.05 Å². The first kappa shape index (κ1) is 13.7. The van der Waals surface area contributed by atoms with E-state index < -0.39 is 6.04 Å². The Labute approximate surface area is 130 Å². The molecule has 114 valence electrons. The molecule has 1 aliphatic heterocycles. The van der Waals surface area contributed by atoms with Crippen LogP contribution in [-0.4, -0.2) is 17.9 Å². The van der Waals surface area contributed by atoms with Gasteiger partial charge in [-0.25, -0.2) is 4.39 Å². The van der Waals surface area contributed by atoms with E-state index >= 15 is 0 Å². The zero-order valence-corrected chi connectivity index (χ0v) is 12.2. The fourth-order valence-electron chi connectivity index (χ4n) is 3.07. The van der Waals surface area contributed by atoms with Crippen LogP contribution in [-0.2, 0) is 0 Å². The number of hydrogen-bond acceptors (Lipinski definition) is 3. The standard InChI is InChI=1S/C18H12FNO3/c1-20-15(10-6-8-11(19)9-7-10)14-16(21)12-4-2-3-5-13(12)23-17(14)18(20)22/h2-9,15H,1H3/t15-/m1/s1. The highest BCUT2D eigenvalue weighted by molar-refractivity contribution is 5.98. The van der Waals surface area contributed by atoms with Gasteiger partial charge in [0.2, 0.25) is 5.76 Å². The lowest BCUT2D eigenvalue weighted by Crippen LogP contribution is -2.25. The van der Waals surface area contributed by atoms with Gasteiger partial charge in [0, 0.05) is 7.05 Å². The van der Waals surface area contributed by atoms with Crippen molar-refractivity contribution in [3.63, 3.8) is 0 Å². The van der Waals surface area contributed by atoms with Crippen molar-refractivity contribution in [3.05, 3.63) is 81.5 Å². The van der Waals surface area contributed by atoms with Crippen LogP contribution >= 0.6 is 0 Å². The molecule has 1 aliphatic rings. The van der Waals surface area contributed by atoms with E-state index in [2.05, 4.69) is 0 Å². The Morgan fingerprint density at radius 3 is 2.48 bits per heavy atom. The molecule has 0 radical (unpaired) electrons. The summed E-state index contributed by atoms with van der Waals surface area (Å²) < 4.78 is 18.8. The highest BCUT2D eigenvalue weighted by atomic mass is 19.1. The van der Waals surface area contributed by atoms with Crippen molar-refractivity contribution in [1.82, 2.24) is 4.90 Å². The molecule has 0 aliphatic carbocycles. The van der Waals surface area contributed by atoms with Crippen LogP contribution in [0.15, 0.2) is 57.7 Å². The Morgan fingerprint density at radius 1 is 1.04 bits per heavy atom. The van der Waals surface area contributed by atoms with Crippen LogP contribution in [0.25, 0.3) is 11.0 Å².